The molecule has 0 aliphatic rings. The maximum absolute atomic E-state index is 12.9. The first-order valence-electron chi connectivity index (χ1n) is 3.69. The summed E-state index contributed by atoms with van der Waals surface area (Å²) >= 11 is 0. The molecule has 0 spiro atoms. The van der Waals surface area contributed by atoms with Crippen molar-refractivity contribution in [1.29, 1.82) is 5.26 Å². The molecule has 7 heteroatoms. The minimum atomic E-state index is -4.96. The zero-order valence-corrected chi connectivity index (χ0v) is 7.18. The number of ether oxygens (including phenoxy) is 1. The van der Waals surface area contributed by atoms with Gasteiger partial charge < -0.3 is 4.74 Å². The Morgan fingerprint density at radius 3 is 2.60 bits per heavy atom. The van der Waals surface area contributed by atoms with E-state index >= 15 is 0 Å². The Bertz CT molecular complexity index is 397. The van der Waals surface area contributed by atoms with Crippen molar-refractivity contribution in [3.63, 3.8) is 0 Å². The minimum absolute atomic E-state index is 0.0459. The standard InChI is InChI=1S/C8H4F4N2O/c9-6-3-5(1-2-13)14-4-7(6)15-8(10,11)12/h3-4H,1H2. The Hall–Kier alpha value is -1.84. The van der Waals surface area contributed by atoms with Gasteiger partial charge in [0.05, 0.1) is 24.4 Å². The van der Waals surface area contributed by atoms with Gasteiger partial charge in [-0.1, -0.05) is 0 Å². The van der Waals surface area contributed by atoms with Gasteiger partial charge in [0.1, 0.15) is 0 Å². The van der Waals surface area contributed by atoms with Crippen LogP contribution in [0.5, 0.6) is 5.75 Å². The first kappa shape index (κ1) is 11.2. The highest BCUT2D eigenvalue weighted by Crippen LogP contribution is 2.24. The third kappa shape index (κ3) is 3.42. The van der Waals surface area contributed by atoms with Gasteiger partial charge in [0.2, 0.25) is 0 Å². The number of halogens is 4. The molecule has 1 heterocycles. The predicted octanol–water partition coefficient (Wildman–Crippen LogP) is 2.19. The lowest BCUT2D eigenvalue weighted by Crippen LogP contribution is -2.18. The number of nitriles is 1. The van der Waals surface area contributed by atoms with E-state index in [1.807, 2.05) is 0 Å². The first-order chi connectivity index (χ1) is 6.92. The van der Waals surface area contributed by atoms with E-state index in [0.29, 0.717) is 6.20 Å². The summed E-state index contributed by atoms with van der Waals surface area (Å²) in [6, 6.07) is 2.41. The van der Waals surface area contributed by atoms with Crippen LogP contribution in [0.3, 0.4) is 0 Å². The van der Waals surface area contributed by atoms with E-state index in [-0.39, 0.29) is 12.1 Å². The van der Waals surface area contributed by atoms with Crippen LogP contribution >= 0.6 is 0 Å². The lowest BCUT2D eigenvalue weighted by atomic mass is 10.3. The van der Waals surface area contributed by atoms with Crippen molar-refractivity contribution in [3.05, 3.63) is 23.8 Å². The average molecular weight is 220 g/mol. The van der Waals surface area contributed by atoms with Crippen molar-refractivity contribution in [2.75, 3.05) is 0 Å². The molecule has 0 atom stereocenters. The number of nitrogens with zero attached hydrogens (tertiary/aromatic N) is 2. The molecule has 0 saturated carbocycles. The molecule has 0 amide bonds. The van der Waals surface area contributed by atoms with E-state index in [0.717, 1.165) is 6.07 Å². The lowest BCUT2D eigenvalue weighted by Gasteiger charge is -2.09. The molecule has 0 aliphatic carbocycles. The third-order valence-corrected chi connectivity index (χ3v) is 1.36. The van der Waals surface area contributed by atoms with E-state index in [4.69, 9.17) is 5.26 Å². The Morgan fingerprint density at radius 1 is 1.47 bits per heavy atom. The second-order valence-electron chi connectivity index (χ2n) is 2.49. The molecule has 1 aromatic heterocycles. The van der Waals surface area contributed by atoms with E-state index in [9.17, 15) is 17.6 Å². The van der Waals surface area contributed by atoms with E-state index in [1.165, 1.54) is 0 Å². The molecule has 3 nitrogen and oxygen atoms in total. The fourth-order valence-electron chi connectivity index (χ4n) is 0.835. The summed E-state index contributed by atoms with van der Waals surface area (Å²) in [4.78, 5) is 3.43. The summed E-state index contributed by atoms with van der Waals surface area (Å²) in [5, 5.41) is 8.24. The summed E-state index contributed by atoms with van der Waals surface area (Å²) in [5.74, 6) is -2.21. The first-order valence-corrected chi connectivity index (χ1v) is 3.69. The van der Waals surface area contributed by atoms with E-state index in [1.54, 1.807) is 6.07 Å². The Balaban J connectivity index is 2.89. The molecule has 0 unspecified atom stereocenters. The number of pyridine rings is 1. The third-order valence-electron chi connectivity index (χ3n) is 1.36. The van der Waals surface area contributed by atoms with Crippen LogP contribution in [0.1, 0.15) is 5.69 Å². The molecule has 80 valence electrons. The van der Waals surface area contributed by atoms with Crippen molar-refractivity contribution in [2.24, 2.45) is 0 Å². The minimum Gasteiger partial charge on any atom is -0.401 e. The molecule has 0 radical (unpaired) electrons. The zero-order chi connectivity index (χ0) is 11.5. The molecule has 0 aromatic carbocycles. The molecule has 0 N–H and O–H groups in total. The van der Waals surface area contributed by atoms with Gasteiger partial charge in [0.15, 0.2) is 11.6 Å². The SMILES string of the molecule is N#CCc1cc(F)c(OC(F)(F)F)cn1. The monoisotopic (exact) mass is 220 g/mol. The van der Waals surface area contributed by atoms with Crippen molar-refractivity contribution in [2.45, 2.75) is 12.8 Å². The van der Waals surface area contributed by atoms with Gasteiger partial charge in [-0.15, -0.1) is 13.2 Å². The molecule has 1 rings (SSSR count). The number of rotatable bonds is 2. The molecule has 1 aromatic rings. The van der Waals surface area contributed by atoms with Crippen LogP contribution in [0.2, 0.25) is 0 Å². The molecule has 0 saturated heterocycles. The number of hydrogen-bond acceptors (Lipinski definition) is 3. The van der Waals surface area contributed by atoms with Crippen LogP contribution in [0.4, 0.5) is 17.6 Å². The summed E-state index contributed by atoms with van der Waals surface area (Å²) in [6.45, 7) is 0. The van der Waals surface area contributed by atoms with Gasteiger partial charge in [-0.05, 0) is 0 Å². The highest BCUT2D eigenvalue weighted by Gasteiger charge is 2.32. The van der Waals surface area contributed by atoms with Crippen LogP contribution < -0.4 is 4.74 Å². The quantitative estimate of drug-likeness (QED) is 0.717. The molecule has 0 bridgehead atoms. The van der Waals surface area contributed by atoms with Crippen molar-refractivity contribution >= 4 is 0 Å². The van der Waals surface area contributed by atoms with Crippen molar-refractivity contribution < 1.29 is 22.3 Å². The highest BCUT2D eigenvalue weighted by molar-refractivity contribution is 5.23. The maximum Gasteiger partial charge on any atom is 0.573 e. The number of aromatic nitrogens is 1. The second kappa shape index (κ2) is 4.13. The van der Waals surface area contributed by atoms with Gasteiger partial charge >= 0.3 is 6.36 Å². The molecular formula is C8H4F4N2O. The van der Waals surface area contributed by atoms with Gasteiger partial charge in [0, 0.05) is 6.07 Å². The fourth-order valence-corrected chi connectivity index (χ4v) is 0.835. The van der Waals surface area contributed by atoms with E-state index in [2.05, 4.69) is 9.72 Å². The topological polar surface area (TPSA) is 45.9 Å². The largest absolute Gasteiger partial charge is 0.573 e. The van der Waals surface area contributed by atoms with Gasteiger partial charge in [-0.2, -0.15) is 5.26 Å². The van der Waals surface area contributed by atoms with Crippen LogP contribution in [0, 0.1) is 17.1 Å². The second-order valence-corrected chi connectivity index (χ2v) is 2.49. The Kier molecular flexibility index (Phi) is 3.09. The number of alkyl halides is 3. The lowest BCUT2D eigenvalue weighted by molar-refractivity contribution is -0.275. The summed E-state index contributed by atoms with van der Waals surface area (Å²) < 4.78 is 51.4. The Morgan fingerprint density at radius 2 is 2.13 bits per heavy atom. The van der Waals surface area contributed by atoms with Gasteiger partial charge in [-0.3, -0.25) is 4.98 Å². The highest BCUT2D eigenvalue weighted by atomic mass is 19.4. The summed E-state index contributed by atoms with van der Waals surface area (Å²) in [7, 11) is 0. The van der Waals surface area contributed by atoms with Crippen LogP contribution in [0.25, 0.3) is 0 Å². The van der Waals surface area contributed by atoms with Gasteiger partial charge in [-0.25, -0.2) is 4.39 Å². The van der Waals surface area contributed by atoms with Crippen molar-refractivity contribution in [1.82, 2.24) is 4.98 Å². The van der Waals surface area contributed by atoms with E-state index < -0.39 is 17.9 Å². The normalized spacial score (nSPS) is 10.9. The van der Waals surface area contributed by atoms with Crippen LogP contribution in [-0.4, -0.2) is 11.3 Å². The summed E-state index contributed by atoms with van der Waals surface area (Å²) in [6.07, 6.45) is -4.54. The summed E-state index contributed by atoms with van der Waals surface area (Å²) in [5.41, 5.74) is 0.0459. The van der Waals surface area contributed by atoms with Crippen molar-refractivity contribution in [3.8, 4) is 11.8 Å². The molecular weight excluding hydrogens is 216 g/mol. The number of hydrogen-bond donors (Lipinski definition) is 0. The smallest absolute Gasteiger partial charge is 0.401 e. The molecule has 15 heavy (non-hydrogen) atoms. The molecule has 0 aliphatic heterocycles. The van der Waals surface area contributed by atoms with Crippen LogP contribution in [-0.2, 0) is 6.42 Å². The Labute approximate surface area is 81.9 Å². The van der Waals surface area contributed by atoms with Crippen LogP contribution in [0.15, 0.2) is 12.3 Å². The zero-order valence-electron chi connectivity index (χ0n) is 7.18. The average Bonchev–Trinajstić information content (AvgIpc) is 2.08. The fraction of sp³-hybridized carbons (Fsp3) is 0.250. The predicted molar refractivity (Wildman–Crippen MR) is 40.2 cm³/mol. The maximum atomic E-state index is 12.9. The van der Waals surface area contributed by atoms with Gasteiger partial charge in [0.25, 0.3) is 0 Å². The molecule has 0 fully saturated rings.